The quantitative estimate of drug-likeness (QED) is 0.314. The van der Waals surface area contributed by atoms with E-state index in [-0.39, 0.29) is 0 Å². The van der Waals surface area contributed by atoms with E-state index in [1.165, 1.54) is 0 Å². The van der Waals surface area contributed by atoms with Gasteiger partial charge in [-0.2, -0.15) is 0 Å². The van der Waals surface area contributed by atoms with Crippen LogP contribution in [0.25, 0.3) is 0 Å². The maximum atomic E-state index is 9.24. The van der Waals surface area contributed by atoms with Gasteiger partial charge in [0.05, 0.1) is 0 Å². The van der Waals surface area contributed by atoms with Crippen molar-refractivity contribution in [1.29, 1.82) is 0 Å². The van der Waals surface area contributed by atoms with E-state index in [1.54, 1.807) is 4.63 Å². The van der Waals surface area contributed by atoms with E-state index in [0.717, 1.165) is 0 Å². The summed E-state index contributed by atoms with van der Waals surface area (Å²) in [6, 6.07) is 0. The maximum absolute atomic E-state index is 9.24. The molecule has 3 nitrogen and oxygen atoms in total. The van der Waals surface area contributed by atoms with Crippen molar-refractivity contribution in [2.75, 3.05) is 0 Å². The largest absolute Gasteiger partial charge is 0.295 e. The molecule has 1 unspecified atom stereocenters. The zero-order valence-electron chi connectivity index (χ0n) is 2.34. The molecule has 0 aromatic heterocycles. The summed E-state index contributed by atoms with van der Waals surface area (Å²) in [5, 5.41) is 0. The zero-order valence-corrected chi connectivity index (χ0v) is 3.16. The topological polar surface area (TPSA) is 49.3 Å². The maximum Gasteiger partial charge on any atom is 0.219 e. The molecule has 0 fully saturated rings. The molecule has 5 heteroatoms. The Morgan fingerprint density at radius 3 is 2.20 bits per heavy atom. The van der Waals surface area contributed by atoms with Crippen molar-refractivity contribution >= 4 is 19.2 Å². The summed E-state index contributed by atoms with van der Waals surface area (Å²) in [5.74, 6) is 0. The van der Waals surface area contributed by atoms with Gasteiger partial charge in [-0.15, -0.1) is 0 Å². The predicted molar refractivity (Wildman–Crippen MR) is 19.7 cm³/mol. The number of hydrogen-bond acceptors (Lipinski definition) is 1. The van der Waals surface area contributed by atoms with E-state index < -0.39 is 11.3 Å². The molecule has 0 spiro atoms. The van der Waals surface area contributed by atoms with Crippen LogP contribution in [0.4, 0.5) is 0 Å². The molecular weight excluding hydrogens is 88.9 g/mol. The van der Waals surface area contributed by atoms with Crippen molar-refractivity contribution in [3.05, 3.63) is 0 Å². The van der Waals surface area contributed by atoms with Gasteiger partial charge in [-0.1, -0.05) is 0 Å². The Labute approximate surface area is 33.6 Å². The fourth-order valence-electron chi connectivity index (χ4n) is 0. The predicted octanol–water partition coefficient (Wildman–Crippen LogP) is -1.20. The molecule has 0 aliphatic heterocycles. The first-order chi connectivity index (χ1) is 2.27. The van der Waals surface area contributed by atoms with Gasteiger partial charge in [-0.05, 0) is 0 Å². The highest BCUT2D eigenvalue weighted by Gasteiger charge is 1.72. The lowest BCUT2D eigenvalue weighted by Crippen LogP contribution is -2.09. The third-order valence-corrected chi connectivity index (χ3v) is 0.302. The first-order valence-corrected chi connectivity index (χ1v) is 1.95. The molecule has 0 aliphatic carbocycles. The molecule has 5 heavy (non-hydrogen) atoms. The van der Waals surface area contributed by atoms with Crippen LogP contribution in [-0.4, -0.2) is 16.7 Å². The van der Waals surface area contributed by atoms with Crippen LogP contribution in [0.2, 0.25) is 0 Å². The fraction of sp³-hybridized carbons (Fsp3) is 0. The number of nitrogens with one attached hydrogen (secondary N) is 1. The van der Waals surface area contributed by atoms with E-state index >= 15 is 0 Å². The minimum atomic E-state index is -2.04. The third kappa shape index (κ3) is 4.13. The van der Waals surface area contributed by atoms with Gasteiger partial charge in [0, 0.05) is 0 Å². The highest BCUT2D eigenvalue weighted by molar-refractivity contribution is 7.78. The Kier molecular flexibility index (Phi) is 2.44. The summed E-state index contributed by atoms with van der Waals surface area (Å²) in [6.07, 6.45) is 0. The molecule has 0 saturated heterocycles. The molecule has 0 aromatic rings. The standard InChI is InChI=1S/BH2NO2S/c1-2-5(3)4/h2H,(H,3,4). The van der Waals surface area contributed by atoms with Gasteiger partial charge in [0.15, 0.2) is 0 Å². The van der Waals surface area contributed by atoms with Crippen LogP contribution < -0.4 is 4.63 Å². The summed E-state index contributed by atoms with van der Waals surface area (Å²) in [7, 11) is 4.37. The summed E-state index contributed by atoms with van der Waals surface area (Å²) in [6.45, 7) is 0. The van der Waals surface area contributed by atoms with E-state index in [2.05, 4.69) is 7.98 Å². The SMILES string of the molecule is [B]NS(=O)O. The van der Waals surface area contributed by atoms with Crippen molar-refractivity contribution in [3.8, 4) is 0 Å². The lowest BCUT2D eigenvalue weighted by molar-refractivity contribution is 0.562. The molecule has 1 atom stereocenters. The van der Waals surface area contributed by atoms with Crippen LogP contribution in [-0.2, 0) is 11.3 Å². The third-order valence-electron chi connectivity index (χ3n) is 0.101. The lowest BCUT2D eigenvalue weighted by atomic mass is 10.5. The van der Waals surface area contributed by atoms with Crippen molar-refractivity contribution in [2.45, 2.75) is 0 Å². The molecule has 0 bridgehead atoms. The summed E-state index contributed by atoms with van der Waals surface area (Å²) >= 11 is -2.04. The van der Waals surface area contributed by atoms with Crippen LogP contribution in [0.5, 0.6) is 0 Å². The second kappa shape index (κ2) is 2.38. The van der Waals surface area contributed by atoms with Crippen LogP contribution in [0.1, 0.15) is 0 Å². The Balaban J connectivity index is 2.85. The average Bonchev–Trinajstić information content (AvgIpc) is 1.38. The van der Waals surface area contributed by atoms with Crippen molar-refractivity contribution in [3.63, 3.8) is 0 Å². The van der Waals surface area contributed by atoms with Gasteiger partial charge in [0.2, 0.25) is 19.2 Å². The Bertz CT molecular complexity index is 44.9. The van der Waals surface area contributed by atoms with Crippen LogP contribution in [0.3, 0.4) is 0 Å². The zero-order chi connectivity index (χ0) is 4.28. The lowest BCUT2D eigenvalue weighted by Gasteiger charge is -1.77. The van der Waals surface area contributed by atoms with Crippen LogP contribution >= 0.6 is 0 Å². The monoisotopic (exact) mass is 91.0 g/mol. The smallest absolute Gasteiger partial charge is 0.219 e. The van der Waals surface area contributed by atoms with Crippen molar-refractivity contribution < 1.29 is 8.76 Å². The number of hydrogen-bond donors (Lipinski definition) is 2. The van der Waals surface area contributed by atoms with Gasteiger partial charge >= 0.3 is 0 Å². The molecule has 0 aromatic carbocycles. The molecule has 0 rings (SSSR count). The van der Waals surface area contributed by atoms with Gasteiger partial charge < -0.3 is 0 Å². The molecule has 2 radical (unpaired) electrons. The van der Waals surface area contributed by atoms with Crippen LogP contribution in [0, 0.1) is 0 Å². The van der Waals surface area contributed by atoms with Gasteiger partial charge in [0.1, 0.15) is 0 Å². The minimum Gasteiger partial charge on any atom is -0.295 e. The molecule has 28 valence electrons. The van der Waals surface area contributed by atoms with E-state index in [4.69, 9.17) is 4.55 Å². The molecular formula is H2BNO2S. The second-order valence-electron chi connectivity index (χ2n) is 0.367. The van der Waals surface area contributed by atoms with Gasteiger partial charge in [-0.3, -0.25) is 9.19 Å². The fourth-order valence-corrected chi connectivity index (χ4v) is 0. The highest BCUT2D eigenvalue weighted by Crippen LogP contribution is 1.46. The van der Waals surface area contributed by atoms with Crippen LogP contribution in [0.15, 0.2) is 0 Å². The van der Waals surface area contributed by atoms with E-state index in [9.17, 15) is 4.21 Å². The second-order valence-corrected chi connectivity index (χ2v) is 1.10. The molecule has 0 saturated carbocycles. The van der Waals surface area contributed by atoms with Crippen molar-refractivity contribution in [2.24, 2.45) is 0 Å². The normalized spacial score (nSPS) is 14.6. The van der Waals surface area contributed by atoms with Gasteiger partial charge in [-0.25, -0.2) is 4.21 Å². The van der Waals surface area contributed by atoms with E-state index in [0.29, 0.717) is 0 Å². The summed E-state index contributed by atoms with van der Waals surface area (Å²) in [4.78, 5) is 0. The Morgan fingerprint density at radius 2 is 2.20 bits per heavy atom. The number of rotatable bonds is 1. The molecule has 0 aliphatic rings. The minimum absolute atomic E-state index is 1.56. The molecule has 0 amide bonds. The highest BCUT2D eigenvalue weighted by atomic mass is 32.2. The Hall–Kier alpha value is 0.135. The van der Waals surface area contributed by atoms with Gasteiger partial charge in [0.25, 0.3) is 0 Å². The summed E-state index contributed by atoms with van der Waals surface area (Å²) < 4.78 is 18.4. The Morgan fingerprint density at radius 1 is 2.00 bits per heavy atom. The molecule has 2 N–H and O–H groups in total. The van der Waals surface area contributed by atoms with Crippen molar-refractivity contribution in [1.82, 2.24) is 4.63 Å². The summed E-state index contributed by atoms with van der Waals surface area (Å²) in [5.41, 5.74) is 0. The average molecular weight is 90.9 g/mol. The first kappa shape index (κ1) is 5.13. The van der Waals surface area contributed by atoms with E-state index in [1.807, 2.05) is 0 Å². The molecule has 0 heterocycles. The first-order valence-electron chi connectivity index (χ1n) is 0.842.